The summed E-state index contributed by atoms with van der Waals surface area (Å²) in [5.41, 5.74) is 6.08. The van der Waals surface area contributed by atoms with Crippen molar-refractivity contribution in [1.29, 1.82) is 0 Å². The van der Waals surface area contributed by atoms with Crippen molar-refractivity contribution in [3.8, 4) is 0 Å². The predicted molar refractivity (Wildman–Crippen MR) is 76.4 cm³/mol. The van der Waals surface area contributed by atoms with Crippen molar-refractivity contribution in [2.45, 2.75) is 31.0 Å². The zero-order chi connectivity index (χ0) is 15.2. The van der Waals surface area contributed by atoms with Crippen LogP contribution in [0.5, 0.6) is 0 Å². The van der Waals surface area contributed by atoms with E-state index in [0.29, 0.717) is 24.9 Å². The van der Waals surface area contributed by atoms with E-state index in [1.54, 1.807) is 14.2 Å². The van der Waals surface area contributed by atoms with Gasteiger partial charge in [0, 0.05) is 26.0 Å². The van der Waals surface area contributed by atoms with Crippen LogP contribution in [0.1, 0.15) is 6.92 Å². The van der Waals surface area contributed by atoms with Gasteiger partial charge < -0.3 is 29.6 Å². The number of aliphatic imine (C=N–C) groups is 1. The summed E-state index contributed by atoms with van der Waals surface area (Å²) in [5, 5.41) is 0. The van der Waals surface area contributed by atoms with Crippen molar-refractivity contribution >= 4 is 5.84 Å². The molecule has 7 nitrogen and oxygen atoms in total. The SMILES string of the molecule is C=C1N=C(N)C(C)=CN1[C@@H]1O[C@@]2(COC)CO[C@H]1C2OC. The molecule has 116 valence electrons. The Balaban J connectivity index is 1.87. The number of nitrogens with two attached hydrogens (primary N) is 1. The summed E-state index contributed by atoms with van der Waals surface area (Å²) in [4.78, 5) is 6.09. The third kappa shape index (κ3) is 2.08. The highest BCUT2D eigenvalue weighted by Crippen LogP contribution is 2.44. The van der Waals surface area contributed by atoms with Gasteiger partial charge in [-0.1, -0.05) is 6.58 Å². The third-order valence-corrected chi connectivity index (χ3v) is 4.17. The largest absolute Gasteiger partial charge is 0.383 e. The smallest absolute Gasteiger partial charge is 0.165 e. The zero-order valence-corrected chi connectivity index (χ0v) is 12.5. The molecular weight excluding hydrogens is 274 g/mol. The normalized spacial score (nSPS) is 38.7. The molecule has 2 N–H and O–H groups in total. The second-order valence-electron chi connectivity index (χ2n) is 5.57. The maximum atomic E-state index is 6.22. The van der Waals surface area contributed by atoms with Crippen LogP contribution in [0.15, 0.2) is 29.2 Å². The first-order valence-corrected chi connectivity index (χ1v) is 6.84. The Morgan fingerprint density at radius 1 is 1.57 bits per heavy atom. The Hall–Kier alpha value is -1.41. The van der Waals surface area contributed by atoms with E-state index in [0.717, 1.165) is 5.57 Å². The standard InChI is InChI=1S/C14H21N3O4/c1-8-5-17(9(2)16-12(8)15)13-10-11(19-4)14(21-13,6-18-3)7-20-10/h5,10-11,13H,2,6-7H2,1,3-4H3,(H2,15,16)/t10-,11?,13+,14-/m0/s1. The Labute approximate surface area is 124 Å². The van der Waals surface area contributed by atoms with Gasteiger partial charge in [0.25, 0.3) is 0 Å². The summed E-state index contributed by atoms with van der Waals surface area (Å²) in [6.07, 6.45) is 1.12. The first-order valence-electron chi connectivity index (χ1n) is 6.84. The van der Waals surface area contributed by atoms with Crippen LogP contribution in [0.25, 0.3) is 0 Å². The fourth-order valence-corrected chi connectivity index (χ4v) is 3.17. The van der Waals surface area contributed by atoms with Crippen molar-refractivity contribution < 1.29 is 18.9 Å². The van der Waals surface area contributed by atoms with Gasteiger partial charge in [-0.05, 0) is 6.92 Å². The molecule has 21 heavy (non-hydrogen) atoms. The van der Waals surface area contributed by atoms with Crippen LogP contribution in [0.3, 0.4) is 0 Å². The maximum Gasteiger partial charge on any atom is 0.165 e. The zero-order valence-electron chi connectivity index (χ0n) is 12.5. The number of rotatable bonds is 4. The van der Waals surface area contributed by atoms with Crippen LogP contribution in [-0.4, -0.2) is 62.2 Å². The Morgan fingerprint density at radius 2 is 2.33 bits per heavy atom. The molecule has 2 saturated heterocycles. The molecule has 4 atom stereocenters. The van der Waals surface area contributed by atoms with Gasteiger partial charge in [0.15, 0.2) is 6.23 Å². The highest BCUT2D eigenvalue weighted by atomic mass is 16.7. The van der Waals surface area contributed by atoms with E-state index >= 15 is 0 Å². The molecule has 3 rings (SSSR count). The topological polar surface area (TPSA) is 78.5 Å². The first-order chi connectivity index (χ1) is 10.0. The second kappa shape index (κ2) is 5.10. The average molecular weight is 295 g/mol. The van der Waals surface area contributed by atoms with Gasteiger partial charge in [-0.2, -0.15) is 0 Å². The van der Waals surface area contributed by atoms with Crippen LogP contribution in [0, 0.1) is 0 Å². The van der Waals surface area contributed by atoms with Crippen molar-refractivity contribution in [1.82, 2.24) is 4.90 Å². The molecule has 0 saturated carbocycles. The Morgan fingerprint density at radius 3 is 3.00 bits per heavy atom. The van der Waals surface area contributed by atoms with Gasteiger partial charge in [0.05, 0.1) is 13.2 Å². The molecule has 3 heterocycles. The second-order valence-corrected chi connectivity index (χ2v) is 5.57. The highest BCUT2D eigenvalue weighted by Gasteiger charge is 2.63. The van der Waals surface area contributed by atoms with Gasteiger partial charge in [0.2, 0.25) is 0 Å². The number of fused-ring (bicyclic) bond motifs is 2. The van der Waals surface area contributed by atoms with Crippen molar-refractivity contribution in [3.05, 3.63) is 24.2 Å². The van der Waals surface area contributed by atoms with E-state index < -0.39 is 5.60 Å². The van der Waals surface area contributed by atoms with Crippen LogP contribution in [0.4, 0.5) is 0 Å². The van der Waals surface area contributed by atoms with Crippen LogP contribution in [0.2, 0.25) is 0 Å². The van der Waals surface area contributed by atoms with Crippen LogP contribution in [-0.2, 0) is 18.9 Å². The molecule has 0 aromatic heterocycles. The molecule has 0 radical (unpaired) electrons. The quantitative estimate of drug-likeness (QED) is 0.797. The summed E-state index contributed by atoms with van der Waals surface area (Å²) in [6.45, 7) is 6.69. The lowest BCUT2D eigenvalue weighted by molar-refractivity contribution is -0.196. The van der Waals surface area contributed by atoms with E-state index in [9.17, 15) is 0 Å². The van der Waals surface area contributed by atoms with Crippen molar-refractivity contribution in [2.24, 2.45) is 10.7 Å². The third-order valence-electron chi connectivity index (χ3n) is 4.17. The molecule has 0 aromatic rings. The number of ether oxygens (including phenoxy) is 4. The lowest BCUT2D eigenvalue weighted by atomic mass is 10.00. The van der Waals surface area contributed by atoms with Crippen molar-refractivity contribution in [3.63, 3.8) is 0 Å². The number of hydrogen-bond acceptors (Lipinski definition) is 7. The number of nitrogens with zero attached hydrogens (tertiary/aromatic N) is 2. The minimum Gasteiger partial charge on any atom is -0.383 e. The fraction of sp³-hybridized carbons (Fsp3) is 0.643. The van der Waals surface area contributed by atoms with E-state index in [-0.39, 0.29) is 18.4 Å². The molecule has 0 spiro atoms. The van der Waals surface area contributed by atoms with Crippen LogP contribution >= 0.6 is 0 Å². The molecule has 3 aliphatic rings. The lowest BCUT2D eigenvalue weighted by Crippen LogP contribution is -2.48. The first kappa shape index (κ1) is 14.5. The van der Waals surface area contributed by atoms with Gasteiger partial charge in [0.1, 0.15) is 29.5 Å². The van der Waals surface area contributed by atoms with E-state index in [1.807, 2.05) is 18.0 Å². The minimum absolute atomic E-state index is 0.188. The predicted octanol–water partition coefficient (Wildman–Crippen LogP) is 0.190. The highest BCUT2D eigenvalue weighted by molar-refractivity contribution is 5.97. The Bertz CT molecular complexity index is 518. The van der Waals surface area contributed by atoms with Crippen molar-refractivity contribution in [2.75, 3.05) is 27.4 Å². The maximum absolute atomic E-state index is 6.22. The monoisotopic (exact) mass is 295 g/mol. The summed E-state index contributed by atoms with van der Waals surface area (Å²) < 4.78 is 23.0. The molecule has 2 bridgehead atoms. The van der Waals surface area contributed by atoms with Gasteiger partial charge in [-0.3, -0.25) is 0 Å². The van der Waals surface area contributed by atoms with Crippen LogP contribution < -0.4 is 5.73 Å². The summed E-state index contributed by atoms with van der Waals surface area (Å²) in [7, 11) is 3.30. The molecule has 0 amide bonds. The molecule has 3 aliphatic heterocycles. The van der Waals surface area contributed by atoms with E-state index in [4.69, 9.17) is 24.7 Å². The summed E-state index contributed by atoms with van der Waals surface area (Å²) in [6, 6.07) is 0. The van der Waals surface area contributed by atoms with Gasteiger partial charge >= 0.3 is 0 Å². The molecule has 0 aromatic carbocycles. The number of methoxy groups -OCH3 is 2. The summed E-state index contributed by atoms with van der Waals surface area (Å²) >= 11 is 0. The van der Waals surface area contributed by atoms with E-state index in [1.165, 1.54) is 0 Å². The average Bonchev–Trinajstić information content (AvgIpc) is 2.94. The fourth-order valence-electron chi connectivity index (χ4n) is 3.17. The van der Waals surface area contributed by atoms with Gasteiger partial charge in [-0.25, -0.2) is 4.99 Å². The summed E-state index contributed by atoms with van der Waals surface area (Å²) in [5.74, 6) is 0.997. The molecule has 0 aliphatic carbocycles. The number of amidine groups is 1. The van der Waals surface area contributed by atoms with Gasteiger partial charge in [-0.15, -0.1) is 0 Å². The minimum atomic E-state index is -0.590. The van der Waals surface area contributed by atoms with E-state index in [2.05, 4.69) is 11.6 Å². The Kier molecular flexibility index (Phi) is 3.53. The molecular formula is C14H21N3O4. The molecule has 2 fully saturated rings. The molecule has 7 heteroatoms. The molecule has 1 unspecified atom stereocenters. The lowest BCUT2D eigenvalue weighted by Gasteiger charge is -2.37. The number of hydrogen-bond donors (Lipinski definition) is 1.